The third kappa shape index (κ3) is 6.52. The Balaban J connectivity index is 1.38. The first kappa shape index (κ1) is 30.6. The van der Waals surface area contributed by atoms with E-state index in [0.29, 0.717) is 42.8 Å². The van der Waals surface area contributed by atoms with Crippen LogP contribution in [0.25, 0.3) is 10.9 Å². The fraction of sp³-hybridized carbons (Fsp3) is 0.250. The summed E-state index contributed by atoms with van der Waals surface area (Å²) < 4.78 is 25.4. The maximum atomic E-state index is 13.6. The van der Waals surface area contributed by atoms with E-state index in [2.05, 4.69) is 10.2 Å². The molecule has 1 aliphatic heterocycles. The number of aromatic nitrogens is 1. The third-order valence-electron chi connectivity index (χ3n) is 7.37. The van der Waals surface area contributed by atoms with E-state index in [1.807, 2.05) is 24.3 Å². The van der Waals surface area contributed by atoms with Gasteiger partial charge in [0.2, 0.25) is 0 Å². The van der Waals surface area contributed by atoms with Crippen molar-refractivity contribution in [1.29, 1.82) is 0 Å². The summed E-state index contributed by atoms with van der Waals surface area (Å²) in [6.45, 7) is 3.48. The van der Waals surface area contributed by atoms with Crippen LogP contribution in [0.1, 0.15) is 27.6 Å². The molecule has 44 heavy (non-hydrogen) atoms. The molecule has 0 saturated carbocycles. The molecule has 0 spiro atoms. The fourth-order valence-electron chi connectivity index (χ4n) is 5.09. The SMILES string of the molecule is CCOC(=O)Cn1cc(C(=O)C(=O)N2CCN(c3ccc(OC)cc3)CC2)c2cc(NC(=O)c3ccc(F)c(Cl)c3)ccc21. The Morgan fingerprint density at radius 2 is 1.68 bits per heavy atom. The van der Waals surface area contributed by atoms with Gasteiger partial charge in [-0.25, -0.2) is 4.39 Å². The molecule has 0 atom stereocenters. The number of nitrogens with zero attached hydrogens (tertiary/aromatic N) is 3. The number of nitrogens with one attached hydrogen (secondary N) is 1. The average molecular weight is 621 g/mol. The molecule has 2 amide bonds. The summed E-state index contributed by atoms with van der Waals surface area (Å²) in [5.74, 6) is -2.35. The van der Waals surface area contributed by atoms with E-state index in [4.69, 9.17) is 21.1 Å². The van der Waals surface area contributed by atoms with Crippen LogP contribution >= 0.6 is 11.6 Å². The highest BCUT2D eigenvalue weighted by molar-refractivity contribution is 6.45. The van der Waals surface area contributed by atoms with Crippen molar-refractivity contribution in [1.82, 2.24) is 9.47 Å². The number of piperazine rings is 1. The van der Waals surface area contributed by atoms with Gasteiger partial charge < -0.3 is 29.2 Å². The van der Waals surface area contributed by atoms with Crippen molar-refractivity contribution < 1.29 is 33.0 Å². The highest BCUT2D eigenvalue weighted by atomic mass is 35.5. The molecule has 0 radical (unpaired) electrons. The van der Waals surface area contributed by atoms with E-state index in [-0.39, 0.29) is 29.3 Å². The molecule has 228 valence electrons. The van der Waals surface area contributed by atoms with Crippen LogP contribution in [0.5, 0.6) is 5.75 Å². The zero-order valence-electron chi connectivity index (χ0n) is 24.1. The molecule has 1 aliphatic rings. The molecule has 12 heteroatoms. The van der Waals surface area contributed by atoms with Gasteiger partial charge in [0.15, 0.2) is 0 Å². The first-order valence-corrected chi connectivity index (χ1v) is 14.3. The summed E-state index contributed by atoms with van der Waals surface area (Å²) in [5, 5.41) is 2.89. The lowest BCUT2D eigenvalue weighted by Crippen LogP contribution is -2.50. The van der Waals surface area contributed by atoms with E-state index in [1.54, 1.807) is 36.8 Å². The summed E-state index contributed by atoms with van der Waals surface area (Å²) in [4.78, 5) is 55.9. The molecule has 4 aromatic rings. The first-order valence-electron chi connectivity index (χ1n) is 14.0. The van der Waals surface area contributed by atoms with Gasteiger partial charge in [0.1, 0.15) is 18.1 Å². The van der Waals surface area contributed by atoms with Gasteiger partial charge in [0.25, 0.3) is 17.6 Å². The van der Waals surface area contributed by atoms with Crippen molar-refractivity contribution >= 4 is 57.4 Å². The molecular weight excluding hydrogens is 591 g/mol. The van der Waals surface area contributed by atoms with E-state index >= 15 is 0 Å². The minimum atomic E-state index is -0.732. The smallest absolute Gasteiger partial charge is 0.325 e. The number of fused-ring (bicyclic) bond motifs is 1. The van der Waals surface area contributed by atoms with Crippen LogP contribution < -0.4 is 15.0 Å². The maximum Gasteiger partial charge on any atom is 0.325 e. The standard InChI is InChI=1S/C32H30ClFN4O6/c1-3-44-29(39)19-38-18-25(24-17-21(5-11-28(24)38)35-31(41)20-4-10-27(34)26(33)16-20)30(40)32(42)37-14-12-36(13-15-37)22-6-8-23(43-2)9-7-22/h4-11,16-18H,3,12-15,19H2,1-2H3,(H,35,41). The fourth-order valence-corrected chi connectivity index (χ4v) is 5.27. The minimum absolute atomic E-state index is 0.0906. The molecule has 2 heterocycles. The second kappa shape index (κ2) is 13.2. The Bertz CT molecular complexity index is 1730. The van der Waals surface area contributed by atoms with E-state index in [0.717, 1.165) is 17.5 Å². The number of amides is 2. The number of ether oxygens (including phenoxy) is 2. The first-order chi connectivity index (χ1) is 21.2. The molecule has 3 aromatic carbocycles. The Morgan fingerprint density at radius 1 is 0.955 bits per heavy atom. The van der Waals surface area contributed by atoms with Gasteiger partial charge in [-0.1, -0.05) is 11.6 Å². The molecule has 1 N–H and O–H groups in total. The number of esters is 1. The van der Waals surface area contributed by atoms with Crippen molar-refractivity contribution in [2.75, 3.05) is 50.1 Å². The van der Waals surface area contributed by atoms with Crippen LogP contribution in [-0.2, 0) is 20.9 Å². The second-order valence-corrected chi connectivity index (χ2v) is 10.5. The number of rotatable bonds is 9. The van der Waals surface area contributed by atoms with Crippen molar-refractivity contribution in [2.45, 2.75) is 13.5 Å². The number of carbonyl (C=O) groups excluding carboxylic acids is 4. The quantitative estimate of drug-likeness (QED) is 0.163. The lowest BCUT2D eigenvalue weighted by Gasteiger charge is -2.35. The summed E-state index contributed by atoms with van der Waals surface area (Å²) in [6.07, 6.45) is 1.46. The predicted octanol–water partition coefficient (Wildman–Crippen LogP) is 4.79. The monoisotopic (exact) mass is 620 g/mol. The maximum absolute atomic E-state index is 13.6. The summed E-state index contributed by atoms with van der Waals surface area (Å²) in [5.41, 5.74) is 2.04. The van der Waals surface area contributed by atoms with E-state index < -0.39 is 29.4 Å². The number of halogens is 2. The molecule has 1 fully saturated rings. The van der Waals surface area contributed by atoms with Gasteiger partial charge in [-0.05, 0) is 67.6 Å². The molecule has 10 nitrogen and oxygen atoms in total. The Hall–Kier alpha value is -4.90. The van der Waals surface area contributed by atoms with Crippen LogP contribution in [0.3, 0.4) is 0 Å². The lowest BCUT2D eigenvalue weighted by atomic mass is 10.1. The Kier molecular flexibility index (Phi) is 9.15. The highest BCUT2D eigenvalue weighted by Gasteiger charge is 2.29. The third-order valence-corrected chi connectivity index (χ3v) is 7.66. The minimum Gasteiger partial charge on any atom is -0.497 e. The largest absolute Gasteiger partial charge is 0.497 e. The average Bonchev–Trinajstić information content (AvgIpc) is 3.38. The second-order valence-electron chi connectivity index (χ2n) is 10.1. The molecule has 0 aliphatic carbocycles. The highest BCUT2D eigenvalue weighted by Crippen LogP contribution is 2.28. The number of hydrogen-bond acceptors (Lipinski definition) is 7. The number of ketones is 1. The molecule has 1 saturated heterocycles. The summed E-state index contributed by atoms with van der Waals surface area (Å²) in [7, 11) is 1.60. The summed E-state index contributed by atoms with van der Waals surface area (Å²) >= 11 is 5.83. The van der Waals surface area contributed by atoms with E-state index in [1.165, 1.54) is 23.2 Å². The lowest BCUT2D eigenvalue weighted by molar-refractivity contribution is -0.143. The van der Waals surface area contributed by atoms with Gasteiger partial charge in [0, 0.05) is 60.2 Å². The Morgan fingerprint density at radius 3 is 2.34 bits per heavy atom. The number of anilines is 2. The zero-order chi connectivity index (χ0) is 31.4. The number of methoxy groups -OCH3 is 1. The molecular formula is C32H30ClFN4O6. The van der Waals surface area contributed by atoms with Crippen molar-refractivity contribution in [2.24, 2.45) is 0 Å². The van der Waals surface area contributed by atoms with Crippen LogP contribution in [-0.4, -0.2) is 72.9 Å². The van der Waals surface area contributed by atoms with Crippen LogP contribution in [0, 0.1) is 5.82 Å². The number of benzene rings is 3. The molecule has 0 unspecified atom stereocenters. The normalized spacial score (nSPS) is 13.1. The van der Waals surface area contributed by atoms with Gasteiger partial charge in [-0.3, -0.25) is 19.2 Å². The van der Waals surface area contributed by atoms with Gasteiger partial charge in [-0.15, -0.1) is 0 Å². The number of Topliss-reactive ketones (excluding diaryl/α,β-unsaturated/α-hetero) is 1. The molecule has 5 rings (SSSR count). The van der Waals surface area contributed by atoms with Crippen molar-refractivity contribution in [3.05, 3.63) is 88.8 Å². The van der Waals surface area contributed by atoms with Crippen molar-refractivity contribution in [3.8, 4) is 5.75 Å². The molecule has 0 bridgehead atoms. The van der Waals surface area contributed by atoms with Gasteiger partial charge in [0.05, 0.1) is 24.3 Å². The van der Waals surface area contributed by atoms with Gasteiger partial charge in [-0.2, -0.15) is 0 Å². The predicted molar refractivity (Wildman–Crippen MR) is 164 cm³/mol. The number of carbonyl (C=O) groups is 4. The topological polar surface area (TPSA) is 110 Å². The van der Waals surface area contributed by atoms with Crippen molar-refractivity contribution in [3.63, 3.8) is 0 Å². The van der Waals surface area contributed by atoms with E-state index in [9.17, 15) is 23.6 Å². The zero-order valence-corrected chi connectivity index (χ0v) is 24.9. The van der Waals surface area contributed by atoms with Crippen LogP contribution in [0.4, 0.5) is 15.8 Å². The van der Waals surface area contributed by atoms with Crippen LogP contribution in [0.2, 0.25) is 5.02 Å². The van der Waals surface area contributed by atoms with Crippen LogP contribution in [0.15, 0.2) is 66.9 Å². The number of hydrogen-bond donors (Lipinski definition) is 1. The Labute approximate surface area is 257 Å². The molecule has 1 aromatic heterocycles. The van der Waals surface area contributed by atoms with Gasteiger partial charge >= 0.3 is 5.97 Å². The summed E-state index contributed by atoms with van der Waals surface area (Å²) in [6, 6.07) is 16.0.